The second-order valence-corrected chi connectivity index (χ2v) is 5.51. The van der Waals surface area contributed by atoms with Gasteiger partial charge in [-0.15, -0.1) is 0 Å². The Hall–Kier alpha value is -2.12. The van der Waals surface area contributed by atoms with E-state index in [0.29, 0.717) is 0 Å². The summed E-state index contributed by atoms with van der Waals surface area (Å²) in [4.78, 5) is 45.1. The van der Waals surface area contributed by atoms with Crippen LogP contribution < -0.4 is 10.6 Å². The summed E-state index contributed by atoms with van der Waals surface area (Å²) in [6.07, 6.45) is -0.205. The maximum atomic E-state index is 11.6. The number of hydrogen-bond donors (Lipinski definition) is 3. The van der Waals surface area contributed by atoms with Crippen molar-refractivity contribution in [1.82, 2.24) is 10.6 Å². The Balaban J connectivity index is 4.33. The molecule has 0 aromatic heterocycles. The zero-order valence-electron chi connectivity index (χ0n) is 12.7. The number of nitrogens with one attached hydrogen (secondary N) is 2. The zero-order valence-corrected chi connectivity index (χ0v) is 12.7. The Morgan fingerprint density at radius 1 is 1.19 bits per heavy atom. The van der Waals surface area contributed by atoms with E-state index < -0.39 is 29.3 Å². The van der Waals surface area contributed by atoms with Gasteiger partial charge in [-0.25, -0.2) is 4.79 Å². The van der Waals surface area contributed by atoms with Gasteiger partial charge in [0.25, 0.3) is 0 Å². The highest BCUT2D eigenvalue weighted by atomic mass is 16.5. The number of carbonyl (C=O) groups excluding carboxylic acids is 3. The van der Waals surface area contributed by atoms with E-state index in [1.54, 1.807) is 20.8 Å². The van der Waals surface area contributed by atoms with E-state index in [-0.39, 0.29) is 25.3 Å². The number of carboxylic acids is 1. The average molecular weight is 302 g/mol. The van der Waals surface area contributed by atoms with Gasteiger partial charge in [-0.2, -0.15) is 0 Å². The highest BCUT2D eigenvalue weighted by Crippen LogP contribution is 2.11. The molecular weight excluding hydrogens is 280 g/mol. The topological polar surface area (TPSA) is 122 Å². The van der Waals surface area contributed by atoms with Gasteiger partial charge in [-0.3, -0.25) is 14.4 Å². The van der Waals surface area contributed by atoms with Crippen LogP contribution in [0.4, 0.5) is 0 Å². The molecule has 0 saturated carbocycles. The second kappa shape index (κ2) is 8.23. The van der Waals surface area contributed by atoms with Gasteiger partial charge in [-0.05, 0) is 6.42 Å². The third-order valence-corrected chi connectivity index (χ3v) is 2.59. The Bertz CT molecular complexity index is 413. The van der Waals surface area contributed by atoms with Gasteiger partial charge in [-0.1, -0.05) is 20.8 Å². The summed E-state index contributed by atoms with van der Waals surface area (Å²) < 4.78 is 4.40. The fourth-order valence-electron chi connectivity index (χ4n) is 1.29. The molecule has 0 bridgehead atoms. The molecule has 0 aliphatic heterocycles. The smallest absolute Gasteiger partial charge is 0.326 e. The van der Waals surface area contributed by atoms with Crippen LogP contribution in [0, 0.1) is 5.41 Å². The maximum absolute atomic E-state index is 11.6. The number of esters is 1. The van der Waals surface area contributed by atoms with E-state index in [1.165, 1.54) is 7.11 Å². The minimum absolute atomic E-state index is 0.0824. The number of methoxy groups -OCH3 is 1. The second-order valence-electron chi connectivity index (χ2n) is 5.51. The molecule has 0 rings (SSSR count). The highest BCUT2D eigenvalue weighted by molar-refractivity contribution is 5.89. The van der Waals surface area contributed by atoms with Crippen molar-refractivity contribution in [3.63, 3.8) is 0 Å². The van der Waals surface area contributed by atoms with Crippen LogP contribution in [-0.2, 0) is 23.9 Å². The zero-order chi connectivity index (χ0) is 16.6. The Labute approximate surface area is 123 Å². The lowest BCUT2D eigenvalue weighted by Crippen LogP contribution is -2.47. The molecule has 0 saturated heterocycles. The van der Waals surface area contributed by atoms with E-state index in [1.807, 2.05) is 0 Å². The van der Waals surface area contributed by atoms with Gasteiger partial charge in [0, 0.05) is 11.8 Å². The molecule has 0 aromatic rings. The molecule has 0 aliphatic rings. The third kappa shape index (κ3) is 7.91. The Morgan fingerprint density at radius 2 is 1.76 bits per heavy atom. The van der Waals surface area contributed by atoms with Crippen LogP contribution in [0.15, 0.2) is 0 Å². The van der Waals surface area contributed by atoms with Gasteiger partial charge in [0.1, 0.15) is 6.04 Å². The third-order valence-electron chi connectivity index (χ3n) is 2.59. The van der Waals surface area contributed by atoms with Crippen molar-refractivity contribution in [2.75, 3.05) is 13.7 Å². The largest absolute Gasteiger partial charge is 0.480 e. The number of aliphatic carboxylic acids is 1. The van der Waals surface area contributed by atoms with Crippen molar-refractivity contribution in [3.8, 4) is 0 Å². The lowest BCUT2D eigenvalue weighted by molar-refractivity contribution is -0.144. The Morgan fingerprint density at radius 3 is 2.19 bits per heavy atom. The molecule has 21 heavy (non-hydrogen) atoms. The molecule has 3 N–H and O–H groups in total. The van der Waals surface area contributed by atoms with Gasteiger partial charge in [0.15, 0.2) is 0 Å². The van der Waals surface area contributed by atoms with Crippen molar-refractivity contribution in [2.24, 2.45) is 5.41 Å². The number of hydrogen-bond acceptors (Lipinski definition) is 5. The standard InChI is InChI=1S/C13H22N2O6/c1-13(2,3)12(20)14-7-9(16)15-8(11(18)19)5-6-10(17)21-4/h8H,5-7H2,1-4H3,(H,14,20)(H,15,16)(H,18,19). The maximum Gasteiger partial charge on any atom is 0.326 e. The summed E-state index contributed by atoms with van der Waals surface area (Å²) in [7, 11) is 1.19. The van der Waals surface area contributed by atoms with Crippen molar-refractivity contribution in [1.29, 1.82) is 0 Å². The first kappa shape index (κ1) is 18.9. The first-order chi connectivity index (χ1) is 9.57. The molecule has 0 radical (unpaired) electrons. The summed E-state index contributed by atoms with van der Waals surface area (Å²) in [5.74, 6) is -2.77. The summed E-state index contributed by atoms with van der Waals surface area (Å²) in [6.45, 7) is 4.75. The fraction of sp³-hybridized carbons (Fsp3) is 0.692. The normalized spacial score (nSPS) is 12.2. The van der Waals surface area contributed by atoms with Crippen LogP contribution in [0.3, 0.4) is 0 Å². The quantitative estimate of drug-likeness (QED) is 0.554. The van der Waals surface area contributed by atoms with Gasteiger partial charge in [0.2, 0.25) is 11.8 Å². The lowest BCUT2D eigenvalue weighted by atomic mass is 9.96. The lowest BCUT2D eigenvalue weighted by Gasteiger charge is -2.18. The SMILES string of the molecule is COC(=O)CCC(NC(=O)CNC(=O)C(C)(C)C)C(=O)O. The minimum Gasteiger partial charge on any atom is -0.480 e. The number of ether oxygens (including phenoxy) is 1. The van der Waals surface area contributed by atoms with Crippen molar-refractivity contribution in [3.05, 3.63) is 0 Å². The number of carboxylic acid groups (broad SMARTS) is 1. The molecule has 0 heterocycles. The van der Waals surface area contributed by atoms with Gasteiger partial charge in [0.05, 0.1) is 13.7 Å². The average Bonchev–Trinajstić information content (AvgIpc) is 2.38. The fourth-order valence-corrected chi connectivity index (χ4v) is 1.29. The molecule has 0 aromatic carbocycles. The summed E-state index contributed by atoms with van der Waals surface area (Å²) in [6, 6.07) is -1.21. The molecule has 8 nitrogen and oxygen atoms in total. The molecule has 120 valence electrons. The summed E-state index contributed by atoms with van der Waals surface area (Å²) in [5, 5.41) is 13.6. The number of amides is 2. The van der Waals surface area contributed by atoms with E-state index in [4.69, 9.17) is 5.11 Å². The molecule has 8 heteroatoms. The highest BCUT2D eigenvalue weighted by Gasteiger charge is 2.24. The van der Waals surface area contributed by atoms with Crippen LogP contribution >= 0.6 is 0 Å². The molecule has 1 atom stereocenters. The molecule has 1 unspecified atom stereocenters. The van der Waals surface area contributed by atoms with Crippen LogP contribution in [0.5, 0.6) is 0 Å². The summed E-state index contributed by atoms with van der Waals surface area (Å²) in [5.41, 5.74) is -0.642. The van der Waals surface area contributed by atoms with Crippen LogP contribution in [0.1, 0.15) is 33.6 Å². The summed E-state index contributed by atoms with van der Waals surface area (Å²) >= 11 is 0. The Kier molecular flexibility index (Phi) is 7.40. The number of carbonyl (C=O) groups is 4. The number of rotatable bonds is 7. The molecule has 0 aliphatic carbocycles. The van der Waals surface area contributed by atoms with E-state index in [9.17, 15) is 19.2 Å². The van der Waals surface area contributed by atoms with Gasteiger partial charge < -0.3 is 20.5 Å². The van der Waals surface area contributed by atoms with Crippen molar-refractivity contribution >= 4 is 23.8 Å². The monoisotopic (exact) mass is 302 g/mol. The van der Waals surface area contributed by atoms with Crippen LogP contribution in [0.2, 0.25) is 0 Å². The van der Waals surface area contributed by atoms with E-state index >= 15 is 0 Å². The van der Waals surface area contributed by atoms with Crippen LogP contribution in [0.25, 0.3) is 0 Å². The van der Waals surface area contributed by atoms with E-state index in [2.05, 4.69) is 15.4 Å². The molecule has 2 amide bonds. The van der Waals surface area contributed by atoms with E-state index in [0.717, 1.165) is 0 Å². The molecular formula is C13H22N2O6. The van der Waals surface area contributed by atoms with Crippen LogP contribution in [-0.4, -0.2) is 48.6 Å². The van der Waals surface area contributed by atoms with Crippen molar-refractivity contribution < 1.29 is 29.0 Å². The first-order valence-electron chi connectivity index (χ1n) is 6.45. The van der Waals surface area contributed by atoms with Gasteiger partial charge >= 0.3 is 11.9 Å². The predicted octanol–water partition coefficient (Wildman–Crippen LogP) is -0.329. The molecule has 0 spiro atoms. The predicted molar refractivity (Wildman–Crippen MR) is 73.3 cm³/mol. The first-order valence-corrected chi connectivity index (χ1v) is 6.45. The minimum atomic E-state index is -1.26. The van der Waals surface area contributed by atoms with Crippen molar-refractivity contribution in [2.45, 2.75) is 39.7 Å². The molecule has 0 fully saturated rings.